The highest BCUT2D eigenvalue weighted by atomic mass is 35.5. The molecule has 0 unspecified atom stereocenters. The van der Waals surface area contributed by atoms with Crippen LogP contribution < -0.4 is 4.90 Å². The third kappa shape index (κ3) is 3.86. The summed E-state index contributed by atoms with van der Waals surface area (Å²) in [5, 5.41) is 11.7. The van der Waals surface area contributed by atoms with Crippen molar-refractivity contribution in [2.75, 3.05) is 31.1 Å². The van der Waals surface area contributed by atoms with Crippen LogP contribution in [0.15, 0.2) is 42.5 Å². The van der Waals surface area contributed by atoms with Gasteiger partial charge in [-0.2, -0.15) is 0 Å². The molecule has 0 N–H and O–H groups in total. The van der Waals surface area contributed by atoms with E-state index in [1.54, 1.807) is 11.0 Å². The number of nitro groups is 1. The van der Waals surface area contributed by atoms with E-state index in [-0.39, 0.29) is 11.6 Å². The molecule has 0 saturated carbocycles. The van der Waals surface area contributed by atoms with E-state index in [4.69, 9.17) is 23.2 Å². The van der Waals surface area contributed by atoms with Gasteiger partial charge in [-0.15, -0.1) is 0 Å². The maximum atomic E-state index is 12.5. The molecule has 1 fully saturated rings. The lowest BCUT2D eigenvalue weighted by Gasteiger charge is -2.36. The Labute approximate surface area is 154 Å². The Hall–Kier alpha value is -2.31. The first-order valence-corrected chi connectivity index (χ1v) is 8.45. The van der Waals surface area contributed by atoms with Gasteiger partial charge in [0, 0.05) is 49.6 Å². The molecular formula is C17H15Cl2N3O3. The summed E-state index contributed by atoms with van der Waals surface area (Å²) in [6.07, 6.45) is 0. The Morgan fingerprint density at radius 2 is 1.60 bits per heavy atom. The van der Waals surface area contributed by atoms with E-state index in [0.717, 1.165) is 5.69 Å². The van der Waals surface area contributed by atoms with Gasteiger partial charge in [0.25, 0.3) is 11.6 Å². The summed E-state index contributed by atoms with van der Waals surface area (Å²) >= 11 is 12.0. The lowest BCUT2D eigenvalue weighted by atomic mass is 10.1. The Morgan fingerprint density at radius 3 is 2.16 bits per heavy atom. The Morgan fingerprint density at radius 1 is 0.960 bits per heavy atom. The van der Waals surface area contributed by atoms with Crippen LogP contribution in [0.1, 0.15) is 10.4 Å². The summed E-state index contributed by atoms with van der Waals surface area (Å²) in [7, 11) is 0. The van der Waals surface area contributed by atoms with Gasteiger partial charge < -0.3 is 9.80 Å². The number of carbonyl (C=O) groups is 1. The third-order valence-electron chi connectivity index (χ3n) is 4.16. The summed E-state index contributed by atoms with van der Waals surface area (Å²) in [6.45, 7) is 2.49. The number of piperazine rings is 1. The summed E-state index contributed by atoms with van der Waals surface area (Å²) in [5.74, 6) is -0.122. The molecule has 6 nitrogen and oxygen atoms in total. The van der Waals surface area contributed by atoms with Gasteiger partial charge in [-0.05, 0) is 30.3 Å². The molecule has 3 rings (SSSR count). The Bertz CT molecular complexity index is 803. The maximum Gasteiger partial charge on any atom is 0.269 e. The lowest BCUT2D eigenvalue weighted by molar-refractivity contribution is -0.384. The fourth-order valence-corrected chi connectivity index (χ4v) is 3.05. The van der Waals surface area contributed by atoms with Crippen LogP contribution in [0.3, 0.4) is 0 Å². The molecular weight excluding hydrogens is 365 g/mol. The monoisotopic (exact) mass is 379 g/mol. The highest BCUT2D eigenvalue weighted by Crippen LogP contribution is 2.28. The first kappa shape index (κ1) is 17.5. The molecule has 1 heterocycles. The van der Waals surface area contributed by atoms with Crippen LogP contribution in [-0.2, 0) is 0 Å². The van der Waals surface area contributed by atoms with Crippen LogP contribution in [0.2, 0.25) is 10.0 Å². The zero-order valence-corrected chi connectivity index (χ0v) is 14.7. The number of nitro benzene ring substituents is 1. The SMILES string of the molecule is O=C(c1ccc([N+](=O)[O-])cc1)N1CCN(c2ccc(Cl)c(Cl)c2)CC1. The van der Waals surface area contributed by atoms with Crippen LogP contribution in [0, 0.1) is 10.1 Å². The molecule has 0 aromatic heterocycles. The van der Waals surface area contributed by atoms with Crippen molar-refractivity contribution in [2.24, 2.45) is 0 Å². The molecule has 2 aromatic rings. The normalized spacial score (nSPS) is 14.5. The van der Waals surface area contributed by atoms with Crippen molar-refractivity contribution in [2.45, 2.75) is 0 Å². The highest BCUT2D eigenvalue weighted by molar-refractivity contribution is 6.42. The van der Waals surface area contributed by atoms with Gasteiger partial charge in [-0.3, -0.25) is 14.9 Å². The van der Waals surface area contributed by atoms with Gasteiger partial charge in [0.1, 0.15) is 0 Å². The highest BCUT2D eigenvalue weighted by Gasteiger charge is 2.23. The number of benzene rings is 2. The van der Waals surface area contributed by atoms with E-state index in [1.807, 2.05) is 12.1 Å². The van der Waals surface area contributed by atoms with Crippen molar-refractivity contribution in [1.29, 1.82) is 0 Å². The summed E-state index contributed by atoms with van der Waals surface area (Å²) in [6, 6.07) is 11.2. The van der Waals surface area contributed by atoms with E-state index in [0.29, 0.717) is 41.8 Å². The van der Waals surface area contributed by atoms with Crippen LogP contribution in [0.4, 0.5) is 11.4 Å². The van der Waals surface area contributed by atoms with Crippen LogP contribution in [0.25, 0.3) is 0 Å². The molecule has 0 bridgehead atoms. The van der Waals surface area contributed by atoms with E-state index < -0.39 is 4.92 Å². The minimum absolute atomic E-state index is 0.0269. The second-order valence-corrected chi connectivity index (χ2v) is 6.50. The summed E-state index contributed by atoms with van der Waals surface area (Å²) < 4.78 is 0. The Kier molecular flexibility index (Phi) is 5.11. The standard InChI is InChI=1S/C17H15Cl2N3O3/c18-15-6-5-14(11-16(15)19)20-7-9-21(10-8-20)17(23)12-1-3-13(4-2-12)22(24)25/h1-6,11H,7-10H2. The average Bonchev–Trinajstić information content (AvgIpc) is 2.63. The van der Waals surface area contributed by atoms with Crippen LogP contribution in [0.5, 0.6) is 0 Å². The molecule has 1 aliphatic rings. The first-order valence-electron chi connectivity index (χ1n) is 7.69. The topological polar surface area (TPSA) is 66.7 Å². The molecule has 0 radical (unpaired) electrons. The van der Waals surface area contributed by atoms with E-state index in [1.165, 1.54) is 24.3 Å². The first-order chi connectivity index (χ1) is 12.0. The van der Waals surface area contributed by atoms with Gasteiger partial charge in [-0.25, -0.2) is 0 Å². The smallest absolute Gasteiger partial charge is 0.269 e. The van der Waals surface area contributed by atoms with Crippen LogP contribution in [-0.4, -0.2) is 41.9 Å². The number of rotatable bonds is 3. The number of anilines is 1. The quantitative estimate of drug-likeness (QED) is 0.599. The molecule has 0 spiro atoms. The Balaban J connectivity index is 1.64. The zero-order chi connectivity index (χ0) is 18.0. The number of halogens is 2. The van der Waals surface area contributed by atoms with Crippen molar-refractivity contribution in [3.63, 3.8) is 0 Å². The molecule has 25 heavy (non-hydrogen) atoms. The van der Waals surface area contributed by atoms with Crippen molar-refractivity contribution in [3.8, 4) is 0 Å². The molecule has 130 valence electrons. The van der Waals surface area contributed by atoms with Gasteiger partial charge in [0.2, 0.25) is 0 Å². The van der Waals surface area contributed by atoms with Gasteiger partial charge in [0.15, 0.2) is 0 Å². The van der Waals surface area contributed by atoms with Gasteiger partial charge in [-0.1, -0.05) is 23.2 Å². The van der Waals surface area contributed by atoms with Crippen molar-refractivity contribution >= 4 is 40.5 Å². The van der Waals surface area contributed by atoms with Crippen molar-refractivity contribution in [3.05, 3.63) is 68.2 Å². The van der Waals surface area contributed by atoms with Gasteiger partial charge in [0.05, 0.1) is 15.0 Å². The molecule has 1 amide bonds. The van der Waals surface area contributed by atoms with E-state index in [2.05, 4.69) is 4.90 Å². The largest absolute Gasteiger partial charge is 0.368 e. The number of carbonyl (C=O) groups excluding carboxylic acids is 1. The molecule has 0 aliphatic carbocycles. The number of amides is 1. The third-order valence-corrected chi connectivity index (χ3v) is 4.90. The molecule has 0 atom stereocenters. The number of hydrogen-bond acceptors (Lipinski definition) is 4. The second kappa shape index (κ2) is 7.29. The second-order valence-electron chi connectivity index (χ2n) is 5.68. The average molecular weight is 380 g/mol. The fraction of sp³-hybridized carbons (Fsp3) is 0.235. The molecule has 8 heteroatoms. The predicted octanol–water partition coefficient (Wildman–Crippen LogP) is 3.86. The lowest BCUT2D eigenvalue weighted by Crippen LogP contribution is -2.48. The predicted molar refractivity (Wildman–Crippen MR) is 97.7 cm³/mol. The number of non-ortho nitro benzene ring substituents is 1. The minimum Gasteiger partial charge on any atom is -0.368 e. The summed E-state index contributed by atoms with van der Waals surface area (Å²) in [5.41, 5.74) is 1.39. The van der Waals surface area contributed by atoms with Crippen molar-refractivity contribution in [1.82, 2.24) is 4.90 Å². The van der Waals surface area contributed by atoms with E-state index in [9.17, 15) is 14.9 Å². The molecule has 1 saturated heterocycles. The zero-order valence-electron chi connectivity index (χ0n) is 13.2. The minimum atomic E-state index is -0.482. The molecule has 1 aliphatic heterocycles. The summed E-state index contributed by atoms with van der Waals surface area (Å²) in [4.78, 5) is 26.6. The van der Waals surface area contributed by atoms with E-state index >= 15 is 0 Å². The number of nitrogens with zero attached hydrogens (tertiary/aromatic N) is 3. The van der Waals surface area contributed by atoms with Crippen molar-refractivity contribution < 1.29 is 9.72 Å². The maximum absolute atomic E-state index is 12.5. The molecule has 2 aromatic carbocycles. The van der Waals surface area contributed by atoms with Crippen LogP contribution >= 0.6 is 23.2 Å². The fourth-order valence-electron chi connectivity index (χ4n) is 2.76. The van der Waals surface area contributed by atoms with Gasteiger partial charge >= 0.3 is 0 Å². The number of hydrogen-bond donors (Lipinski definition) is 0.